The van der Waals surface area contributed by atoms with Gasteiger partial charge in [-0.1, -0.05) is 13.8 Å². The van der Waals surface area contributed by atoms with E-state index in [9.17, 15) is 52.4 Å². The molecule has 76 heavy (non-hydrogen) atoms. The Kier molecular flexibility index (Phi) is 19.0. The number of primary amides is 1. The zero-order valence-corrected chi connectivity index (χ0v) is 43.1. The maximum Gasteiger partial charge on any atom is 0.472 e. The number of alkyl halides is 2. The molecule has 0 saturated carbocycles. The third-order valence-electron chi connectivity index (χ3n) is 12.1. The average molecular weight is 1130 g/mol. The number of phosphoric ester groups is 1. The van der Waals surface area contributed by atoms with Crippen LogP contribution in [0.2, 0.25) is 0 Å². The van der Waals surface area contributed by atoms with Crippen LogP contribution in [0.3, 0.4) is 0 Å². The molecule has 3 fully saturated rings. The Hall–Kier alpha value is -6.02. The molecule has 12 atom stereocenters. The number of phosphoric acid groups is 1. The highest BCUT2D eigenvalue weighted by molar-refractivity contribution is 8.55. The van der Waals surface area contributed by atoms with Crippen molar-refractivity contribution in [1.82, 2.24) is 55.2 Å². The fourth-order valence-corrected chi connectivity index (χ4v) is 12.6. The Labute approximate surface area is 432 Å². The lowest BCUT2D eigenvalue weighted by Gasteiger charge is -2.29. The monoisotopic (exact) mass is 1130 g/mol. The second-order valence-corrected chi connectivity index (χ2v) is 23.3. The highest BCUT2D eigenvalue weighted by Gasteiger charge is 2.55. The number of halogens is 2. The molecule has 4 unspecified atom stereocenters. The number of carbonyl (C=O) groups is 6. The minimum absolute atomic E-state index is 0.000179. The van der Waals surface area contributed by atoms with Gasteiger partial charge in [0, 0.05) is 56.2 Å². The number of fused-ring (bicyclic) bond motifs is 3. The number of hydrogen-bond donors (Lipinski definition) is 8. The fraction of sp³-hybridized carbons (Fsp3) is 0.585. The Morgan fingerprint density at radius 3 is 2.22 bits per heavy atom. The molecule has 10 N–H and O–H groups in total. The van der Waals surface area contributed by atoms with Gasteiger partial charge in [0.05, 0.1) is 19.5 Å². The van der Waals surface area contributed by atoms with E-state index in [1.165, 1.54) is 0 Å². The second-order valence-electron chi connectivity index (χ2n) is 17.8. The number of aromatic nitrogens is 6. The van der Waals surface area contributed by atoms with Crippen LogP contribution in [-0.2, 0) is 60.7 Å². The number of nitrogens with zero attached hydrogens (tertiary/aromatic N) is 6. The molecule has 4 aliphatic rings. The number of nitrogens with one attached hydrogen (secondary N) is 5. The Balaban J connectivity index is 1.05. The van der Waals surface area contributed by atoms with Crippen LogP contribution < -0.4 is 44.0 Å². The van der Waals surface area contributed by atoms with E-state index in [1.54, 1.807) is 13.8 Å². The predicted molar refractivity (Wildman–Crippen MR) is 258 cm³/mol. The van der Waals surface area contributed by atoms with Gasteiger partial charge in [0.1, 0.15) is 48.3 Å². The highest BCUT2D eigenvalue weighted by Crippen LogP contribution is 2.64. The fourth-order valence-electron chi connectivity index (χ4n) is 8.29. The van der Waals surface area contributed by atoms with Crippen LogP contribution in [0.5, 0.6) is 0 Å². The first-order valence-electron chi connectivity index (χ1n) is 23.6. The minimum Gasteiger partial charge on any atom is -0.382 e. The number of unbranched alkanes of at least 4 members (excludes halogenated alkanes) is 1. The molecular formula is C41H55F2N13O17P2S. The van der Waals surface area contributed by atoms with Gasteiger partial charge >= 0.3 is 26.3 Å². The van der Waals surface area contributed by atoms with Crippen LogP contribution in [0.15, 0.2) is 46.7 Å². The molecule has 3 aromatic rings. The summed E-state index contributed by atoms with van der Waals surface area (Å²) in [5.74, 6) is -3.87. The molecule has 3 aromatic heterocycles. The van der Waals surface area contributed by atoms with Crippen molar-refractivity contribution >= 4 is 78.6 Å². The average Bonchev–Trinajstić information content (AvgIpc) is 4.10. The molecule has 416 valence electrons. The summed E-state index contributed by atoms with van der Waals surface area (Å²) in [6, 6.07) is -2.41. The molecule has 4 aliphatic heterocycles. The zero-order valence-electron chi connectivity index (χ0n) is 40.5. The van der Waals surface area contributed by atoms with Gasteiger partial charge in [0.2, 0.25) is 17.7 Å². The molecule has 0 bridgehead atoms. The number of nitrogens with two attached hydrogens (primary N) is 2. The maximum absolute atomic E-state index is 16.6. The van der Waals surface area contributed by atoms with Crippen LogP contribution in [0.25, 0.3) is 11.2 Å². The number of nitrogen functional groups attached to an aromatic ring is 1. The number of anilines is 1. The van der Waals surface area contributed by atoms with Gasteiger partial charge in [0.15, 0.2) is 36.3 Å². The molecule has 0 radical (unpaired) electrons. The van der Waals surface area contributed by atoms with E-state index in [-0.39, 0.29) is 68.1 Å². The lowest BCUT2D eigenvalue weighted by atomic mass is 10.0. The summed E-state index contributed by atoms with van der Waals surface area (Å²) in [5, 5.41) is 10.2. The maximum atomic E-state index is 16.6. The number of amides is 7. The van der Waals surface area contributed by atoms with Gasteiger partial charge in [-0.15, -0.1) is 0 Å². The summed E-state index contributed by atoms with van der Waals surface area (Å²) in [7, 11) is -5.33. The number of ether oxygens (including phenoxy) is 2. The van der Waals surface area contributed by atoms with Crippen molar-refractivity contribution in [3.63, 3.8) is 0 Å². The molecular weight excluding hydrogens is 1080 g/mol. The normalized spacial score (nSPS) is 28.5. The number of H-pyrrole nitrogens is 1. The number of rotatable bonds is 20. The van der Waals surface area contributed by atoms with Gasteiger partial charge in [-0.05, 0) is 43.0 Å². The van der Waals surface area contributed by atoms with E-state index < -0.39 is 142 Å². The number of imidazole rings is 1. The molecule has 30 nitrogen and oxygen atoms in total. The molecule has 7 heterocycles. The van der Waals surface area contributed by atoms with Crippen LogP contribution >= 0.6 is 26.0 Å². The van der Waals surface area contributed by atoms with Crippen LogP contribution in [0, 0.1) is 5.92 Å². The van der Waals surface area contributed by atoms with Crippen molar-refractivity contribution in [2.45, 2.75) is 107 Å². The first kappa shape index (κ1) is 57.7. The van der Waals surface area contributed by atoms with E-state index in [0.29, 0.717) is 22.4 Å². The van der Waals surface area contributed by atoms with E-state index in [1.807, 2.05) is 4.98 Å². The lowest BCUT2D eigenvalue weighted by Crippen LogP contribution is -2.55. The molecule has 35 heteroatoms. The van der Waals surface area contributed by atoms with Crippen LogP contribution in [0.4, 0.5) is 19.4 Å². The minimum atomic E-state index is -5.33. The SMILES string of the molecule is CC(C)C(NC(=O)CCCCN1C(=O)C=CC1=O)C(=O)NC(CCCNC(N)=O)C(=O)NCCSP1(=O)OC[C@H]2O[C@@H](n3cnc4c(N)ncnc43)[C@H](F)[C@@H]2OP(=O)(O)OC[C@H]2O[C@@H](n3ccc(=O)[nH]c3=O)[C@H](F)[C@@H]2O1. The molecule has 7 amide bonds. The van der Waals surface area contributed by atoms with Gasteiger partial charge < -0.3 is 47.1 Å². The summed E-state index contributed by atoms with van der Waals surface area (Å²) in [4.78, 5) is 126. The van der Waals surface area contributed by atoms with Crippen LogP contribution in [-0.4, -0.2) is 162 Å². The second kappa shape index (κ2) is 25.0. The Morgan fingerprint density at radius 2 is 1.55 bits per heavy atom. The molecule has 0 spiro atoms. The van der Waals surface area contributed by atoms with E-state index in [4.69, 9.17) is 39.0 Å². The quantitative estimate of drug-likeness (QED) is 0.0401. The standard InChI is InChI=1S/C41H55F2N13O17P2S/c1-20(2)30(52-24(57)7-3-4-13-54-26(59)8-9-27(54)60)37(62)51-21(6-5-11-47-40(45)63)36(61)46-12-15-76-75(67)69-17-23-32(28(42)39(71-23)56-19-50-31-34(44)48-18-49-35(31)56)72-74(65,66)68-16-22-33(73-75)29(43)38(70-22)55-14-10-25(58)53-41(55)64/h8-10,14,18-23,28-30,32-33,38-39H,3-7,11-13,15-17H2,1-2H3,(H,46,61)(H,51,62)(H,52,57)(H,65,66)(H2,44,48,49)(H3,45,47,63)(H,53,58,64)/t21?,22-,23-,28-,29-,30?,32-,33-,38-,39-,75?/m1/s1. The topological polar surface area (TPSA) is 414 Å². The Morgan fingerprint density at radius 1 is 0.882 bits per heavy atom. The van der Waals surface area contributed by atoms with Crippen molar-refractivity contribution in [1.29, 1.82) is 0 Å². The third kappa shape index (κ3) is 14.1. The van der Waals surface area contributed by atoms with Gasteiger partial charge in [-0.25, -0.2) is 42.5 Å². The van der Waals surface area contributed by atoms with E-state index in [2.05, 4.69) is 36.2 Å². The van der Waals surface area contributed by atoms with Crippen LogP contribution in [0.1, 0.15) is 58.4 Å². The smallest absolute Gasteiger partial charge is 0.382 e. The van der Waals surface area contributed by atoms with E-state index >= 15 is 8.78 Å². The number of urea groups is 1. The summed E-state index contributed by atoms with van der Waals surface area (Å²) < 4.78 is 96.9. The van der Waals surface area contributed by atoms with Gasteiger partial charge in [-0.2, -0.15) is 0 Å². The number of hydrogen-bond acceptors (Lipinski definition) is 21. The van der Waals surface area contributed by atoms with Crippen molar-refractivity contribution in [3.05, 3.63) is 57.9 Å². The summed E-state index contributed by atoms with van der Waals surface area (Å²) in [6.45, 7) is -3.77. The first-order valence-corrected chi connectivity index (χ1v) is 28.2. The number of carbonyl (C=O) groups excluding carboxylic acids is 6. The zero-order chi connectivity index (χ0) is 55.1. The summed E-state index contributed by atoms with van der Waals surface area (Å²) in [5.41, 5.74) is 9.18. The summed E-state index contributed by atoms with van der Waals surface area (Å²) in [6.07, 6.45) is -9.87. The first-order chi connectivity index (χ1) is 36.0. The molecule has 7 rings (SSSR count). The lowest BCUT2D eigenvalue weighted by molar-refractivity contribution is -0.137. The number of imide groups is 1. The van der Waals surface area contributed by atoms with Crippen molar-refractivity contribution < 1.29 is 79.1 Å². The highest BCUT2D eigenvalue weighted by atomic mass is 32.7. The van der Waals surface area contributed by atoms with Crippen molar-refractivity contribution in [2.75, 3.05) is 44.3 Å². The third-order valence-corrected chi connectivity index (χ3v) is 16.8. The van der Waals surface area contributed by atoms with Crippen molar-refractivity contribution in [2.24, 2.45) is 11.7 Å². The van der Waals surface area contributed by atoms with Gasteiger partial charge in [-0.3, -0.25) is 65.9 Å². The van der Waals surface area contributed by atoms with E-state index in [0.717, 1.165) is 46.5 Å². The predicted octanol–water partition coefficient (Wildman–Crippen LogP) is -0.526. The largest absolute Gasteiger partial charge is 0.472 e. The number of aromatic amines is 1. The van der Waals surface area contributed by atoms with Gasteiger partial charge in [0.25, 0.3) is 17.4 Å². The molecule has 3 saturated heterocycles. The Bertz CT molecular complexity index is 2900. The molecule has 0 aliphatic carbocycles. The summed E-state index contributed by atoms with van der Waals surface area (Å²) >= 11 is 0.405. The van der Waals surface area contributed by atoms with Crippen molar-refractivity contribution in [3.8, 4) is 0 Å². The molecule has 0 aromatic carbocycles.